The summed E-state index contributed by atoms with van der Waals surface area (Å²) in [6.07, 6.45) is -0.724. The van der Waals surface area contributed by atoms with Gasteiger partial charge >= 0.3 is 0 Å². The Hall–Kier alpha value is -1.46. The van der Waals surface area contributed by atoms with Gasteiger partial charge in [-0.15, -0.1) is 5.10 Å². The summed E-state index contributed by atoms with van der Waals surface area (Å²) in [4.78, 5) is 0. The van der Waals surface area contributed by atoms with Gasteiger partial charge in [0.15, 0.2) is 0 Å². The van der Waals surface area contributed by atoms with E-state index in [1.807, 2.05) is 26.0 Å². The van der Waals surface area contributed by atoms with Gasteiger partial charge in [-0.05, 0) is 54.2 Å². The largest absolute Gasteiger partial charge is 0.496 e. The molecule has 1 atom stereocenters. The van der Waals surface area contributed by atoms with Crippen LogP contribution in [0.3, 0.4) is 0 Å². The number of aromatic nitrogens is 2. The molecule has 0 saturated heterocycles. The summed E-state index contributed by atoms with van der Waals surface area (Å²) in [6.45, 7) is 3.90. The van der Waals surface area contributed by atoms with Gasteiger partial charge in [-0.1, -0.05) is 4.49 Å². The SMILES string of the molecule is COc1cc(C)c(C(O)c2csnn2)cc1C. The van der Waals surface area contributed by atoms with Crippen LogP contribution in [0, 0.1) is 13.8 Å². The molecule has 0 aliphatic heterocycles. The Morgan fingerprint density at radius 3 is 2.65 bits per heavy atom. The summed E-state index contributed by atoms with van der Waals surface area (Å²) in [6, 6.07) is 3.85. The molecule has 17 heavy (non-hydrogen) atoms. The average molecular weight is 250 g/mol. The quantitative estimate of drug-likeness (QED) is 0.907. The van der Waals surface area contributed by atoms with Crippen LogP contribution in [-0.4, -0.2) is 21.8 Å². The van der Waals surface area contributed by atoms with Crippen molar-refractivity contribution >= 4 is 11.5 Å². The molecule has 1 aromatic heterocycles. The zero-order valence-electron chi connectivity index (χ0n) is 9.97. The molecule has 1 N–H and O–H groups in total. The third-order valence-corrected chi connectivity index (χ3v) is 3.26. The number of aliphatic hydroxyl groups is 1. The van der Waals surface area contributed by atoms with E-state index in [2.05, 4.69) is 9.59 Å². The number of rotatable bonds is 3. The van der Waals surface area contributed by atoms with Gasteiger partial charge in [-0.3, -0.25) is 0 Å². The third kappa shape index (κ3) is 2.30. The minimum Gasteiger partial charge on any atom is -0.496 e. The molecule has 0 amide bonds. The molecule has 2 rings (SSSR count). The first-order valence-electron chi connectivity index (χ1n) is 5.23. The second-order valence-electron chi connectivity index (χ2n) is 3.91. The number of benzene rings is 1. The van der Waals surface area contributed by atoms with Gasteiger partial charge in [-0.2, -0.15) is 0 Å². The van der Waals surface area contributed by atoms with Crippen LogP contribution < -0.4 is 4.74 Å². The van der Waals surface area contributed by atoms with Crippen molar-refractivity contribution in [3.05, 3.63) is 39.9 Å². The summed E-state index contributed by atoms with van der Waals surface area (Å²) in [5, 5.41) is 15.9. The molecular formula is C12H14N2O2S. The minimum absolute atomic E-state index is 0.586. The molecule has 0 aliphatic rings. The lowest BCUT2D eigenvalue weighted by atomic mass is 9.98. The molecule has 1 heterocycles. The Bertz CT molecular complexity index is 511. The minimum atomic E-state index is -0.724. The van der Waals surface area contributed by atoms with Crippen molar-refractivity contribution in [2.45, 2.75) is 20.0 Å². The van der Waals surface area contributed by atoms with Crippen LogP contribution in [0.15, 0.2) is 17.5 Å². The summed E-state index contributed by atoms with van der Waals surface area (Å²) in [7, 11) is 1.64. The highest BCUT2D eigenvalue weighted by atomic mass is 32.1. The van der Waals surface area contributed by atoms with Crippen molar-refractivity contribution in [3.63, 3.8) is 0 Å². The highest BCUT2D eigenvalue weighted by Crippen LogP contribution is 2.29. The van der Waals surface area contributed by atoms with Crippen LogP contribution in [0.4, 0.5) is 0 Å². The molecular weight excluding hydrogens is 236 g/mol. The van der Waals surface area contributed by atoms with Crippen LogP contribution in [0.5, 0.6) is 5.75 Å². The van der Waals surface area contributed by atoms with Crippen LogP contribution >= 0.6 is 11.5 Å². The maximum Gasteiger partial charge on any atom is 0.124 e. The summed E-state index contributed by atoms with van der Waals surface area (Å²) in [5.74, 6) is 0.829. The number of aryl methyl sites for hydroxylation is 2. The van der Waals surface area contributed by atoms with Gasteiger partial charge < -0.3 is 9.84 Å². The summed E-state index contributed by atoms with van der Waals surface area (Å²) >= 11 is 1.23. The van der Waals surface area contributed by atoms with Crippen molar-refractivity contribution in [1.82, 2.24) is 9.59 Å². The lowest BCUT2D eigenvalue weighted by Gasteiger charge is -2.14. The zero-order valence-corrected chi connectivity index (χ0v) is 10.8. The molecule has 1 aromatic carbocycles. The van der Waals surface area contributed by atoms with Gasteiger partial charge in [-0.25, -0.2) is 0 Å². The van der Waals surface area contributed by atoms with E-state index in [1.165, 1.54) is 11.5 Å². The Morgan fingerprint density at radius 1 is 1.29 bits per heavy atom. The molecule has 2 aromatic rings. The van der Waals surface area contributed by atoms with E-state index in [0.29, 0.717) is 5.69 Å². The fourth-order valence-electron chi connectivity index (χ4n) is 1.78. The topological polar surface area (TPSA) is 55.2 Å². The Kier molecular flexibility index (Phi) is 3.40. The average Bonchev–Trinajstić information content (AvgIpc) is 2.84. The fraction of sp³-hybridized carbons (Fsp3) is 0.333. The van der Waals surface area contributed by atoms with Crippen LogP contribution in [0.1, 0.15) is 28.5 Å². The van der Waals surface area contributed by atoms with E-state index in [0.717, 1.165) is 22.4 Å². The predicted octanol–water partition coefficient (Wildman–Crippen LogP) is 2.25. The molecule has 0 aliphatic carbocycles. The smallest absolute Gasteiger partial charge is 0.124 e. The normalized spacial score (nSPS) is 12.5. The second-order valence-corrected chi connectivity index (χ2v) is 4.52. The molecule has 5 heteroatoms. The number of hydrogen-bond donors (Lipinski definition) is 1. The Labute approximate surface area is 104 Å². The van der Waals surface area contributed by atoms with E-state index in [1.54, 1.807) is 12.5 Å². The van der Waals surface area contributed by atoms with E-state index < -0.39 is 6.10 Å². The lowest BCUT2D eigenvalue weighted by molar-refractivity contribution is 0.214. The second kappa shape index (κ2) is 4.81. The van der Waals surface area contributed by atoms with Gasteiger partial charge in [0.25, 0.3) is 0 Å². The van der Waals surface area contributed by atoms with E-state index in [-0.39, 0.29) is 0 Å². The van der Waals surface area contributed by atoms with E-state index in [9.17, 15) is 5.11 Å². The van der Waals surface area contributed by atoms with Crippen molar-refractivity contribution in [2.75, 3.05) is 7.11 Å². The number of ether oxygens (including phenoxy) is 1. The molecule has 90 valence electrons. The molecule has 0 fully saturated rings. The van der Waals surface area contributed by atoms with Crippen molar-refractivity contribution < 1.29 is 9.84 Å². The molecule has 1 unspecified atom stereocenters. The van der Waals surface area contributed by atoms with Gasteiger partial charge in [0.2, 0.25) is 0 Å². The van der Waals surface area contributed by atoms with Crippen molar-refractivity contribution in [1.29, 1.82) is 0 Å². The molecule has 0 radical (unpaired) electrons. The maximum atomic E-state index is 10.2. The zero-order chi connectivity index (χ0) is 12.4. The number of hydrogen-bond acceptors (Lipinski definition) is 5. The number of nitrogens with zero attached hydrogens (tertiary/aromatic N) is 2. The molecule has 0 saturated carbocycles. The van der Waals surface area contributed by atoms with E-state index in [4.69, 9.17) is 4.74 Å². The summed E-state index contributed by atoms with van der Waals surface area (Å²) < 4.78 is 9.01. The summed E-state index contributed by atoms with van der Waals surface area (Å²) in [5.41, 5.74) is 3.40. The lowest BCUT2D eigenvalue weighted by Crippen LogP contribution is -2.04. The van der Waals surface area contributed by atoms with Crippen LogP contribution in [0.2, 0.25) is 0 Å². The van der Waals surface area contributed by atoms with Gasteiger partial charge in [0, 0.05) is 5.38 Å². The fourth-order valence-corrected chi connectivity index (χ4v) is 2.25. The Morgan fingerprint density at radius 2 is 2.06 bits per heavy atom. The van der Waals surface area contributed by atoms with Gasteiger partial charge in [0.1, 0.15) is 17.5 Å². The number of aliphatic hydroxyl groups excluding tert-OH is 1. The first kappa shape index (κ1) is 12.0. The highest BCUT2D eigenvalue weighted by molar-refractivity contribution is 7.03. The highest BCUT2D eigenvalue weighted by Gasteiger charge is 2.17. The maximum absolute atomic E-state index is 10.2. The predicted molar refractivity (Wildman–Crippen MR) is 66.4 cm³/mol. The van der Waals surface area contributed by atoms with Crippen LogP contribution in [-0.2, 0) is 0 Å². The van der Waals surface area contributed by atoms with Crippen LogP contribution in [0.25, 0.3) is 0 Å². The first-order chi connectivity index (χ1) is 8.13. The standard InChI is InChI=1S/C12H14N2O2S/c1-7-5-11(16-3)8(2)4-9(7)12(15)10-6-17-14-13-10/h4-6,12,15H,1-3H3. The third-order valence-electron chi connectivity index (χ3n) is 2.74. The van der Waals surface area contributed by atoms with Gasteiger partial charge in [0.05, 0.1) is 7.11 Å². The molecule has 0 spiro atoms. The monoisotopic (exact) mass is 250 g/mol. The molecule has 4 nitrogen and oxygen atoms in total. The Balaban J connectivity index is 2.42. The number of methoxy groups -OCH3 is 1. The van der Waals surface area contributed by atoms with E-state index >= 15 is 0 Å². The molecule has 0 bridgehead atoms. The van der Waals surface area contributed by atoms with Crippen molar-refractivity contribution in [2.24, 2.45) is 0 Å². The van der Waals surface area contributed by atoms with Crippen molar-refractivity contribution in [3.8, 4) is 5.75 Å². The first-order valence-corrected chi connectivity index (χ1v) is 6.07.